The maximum atomic E-state index is 11.2. The van der Waals surface area contributed by atoms with Crippen molar-refractivity contribution >= 4 is 22.8 Å². The minimum atomic E-state index is -0.386. The molecule has 0 aliphatic heterocycles. The molecule has 0 bridgehead atoms. The SMILES string of the molecule is CCCCCCCCCCCCCCC#CC(=Nc1ccc(CCCC)c(CCCC)c1)C(CCCC)=Nc1ccc(CCCC)c(CCCC)c1.CCCCc1cccc([O-])c1[O-].[Ni+2]. The van der Waals surface area contributed by atoms with Gasteiger partial charge in [-0.2, -0.15) is 0 Å². The molecule has 0 aliphatic rings. The van der Waals surface area contributed by atoms with Crippen molar-refractivity contribution in [3.8, 4) is 23.3 Å². The Hall–Kier alpha value is -3.35. The molecule has 0 N–H and O–H groups in total. The molecule has 3 rings (SSSR count). The van der Waals surface area contributed by atoms with E-state index in [-0.39, 0.29) is 28.0 Å². The molecule has 0 fully saturated rings. The van der Waals surface area contributed by atoms with Crippen LogP contribution in [0.5, 0.6) is 11.5 Å². The Morgan fingerprint density at radius 1 is 0.431 bits per heavy atom. The van der Waals surface area contributed by atoms with Crippen molar-refractivity contribution in [1.29, 1.82) is 0 Å². The zero-order valence-electron chi connectivity index (χ0n) is 42.6. The fourth-order valence-corrected chi connectivity index (χ4v) is 8.13. The van der Waals surface area contributed by atoms with Crippen molar-refractivity contribution in [1.82, 2.24) is 0 Å². The summed E-state index contributed by atoms with van der Waals surface area (Å²) >= 11 is 0. The number of unbranched alkanes of at least 4 members (excludes halogenated alkanes) is 18. The third-order valence-corrected chi connectivity index (χ3v) is 12.3. The van der Waals surface area contributed by atoms with Gasteiger partial charge in [0, 0.05) is 6.42 Å². The zero-order chi connectivity index (χ0) is 46.5. The molecule has 3 aromatic carbocycles. The summed E-state index contributed by atoms with van der Waals surface area (Å²) in [6.07, 6.45) is 37.6. The average Bonchev–Trinajstić information content (AvgIpc) is 3.31. The van der Waals surface area contributed by atoms with Gasteiger partial charge in [0.05, 0.1) is 17.1 Å². The fraction of sp³-hybridized carbons (Fsp3) is 0.633. The first-order valence-corrected chi connectivity index (χ1v) is 26.7. The molecular weight excluding hydrogens is 839 g/mol. The Morgan fingerprint density at radius 3 is 1.32 bits per heavy atom. The first kappa shape index (κ1) is 59.7. The first-order chi connectivity index (χ1) is 31.3. The quantitative estimate of drug-likeness (QED) is 0.0264. The molecule has 0 aromatic heterocycles. The summed E-state index contributed by atoms with van der Waals surface area (Å²) in [5, 5.41) is 22.1. The smallest absolute Gasteiger partial charge is 0.873 e. The standard InChI is InChI=1S/C50H80N2.C10H14O2.Ni/c1-7-13-19-20-21-22-23-24-25-26-27-28-29-30-36-50(52-48-40-38-44(32-15-9-3)46(42-48)34-17-11-5)49(35-18-12-6)51-47-39-37-43(31-14-8-2)45(41-47)33-16-10-4;1-2-3-5-8-6-4-7-9(11)10(8)12;/h37-42H,7-29,31-35H2,1-6H3;4,6-7,11-12H,2-3,5H2,1H3;/q;;+2/p-2. The number of hydrogen-bond donors (Lipinski definition) is 0. The van der Waals surface area contributed by atoms with Crippen LogP contribution in [-0.2, 0) is 48.6 Å². The molecular formula is C60H92N2NiO2. The Bertz CT molecular complexity index is 1780. The molecule has 0 spiro atoms. The Kier molecular flexibility index (Phi) is 36.5. The van der Waals surface area contributed by atoms with Crippen LogP contribution in [0.15, 0.2) is 64.6 Å². The normalized spacial score (nSPS) is 11.4. The summed E-state index contributed by atoms with van der Waals surface area (Å²) in [6, 6.07) is 18.6. The van der Waals surface area contributed by atoms with Crippen molar-refractivity contribution in [2.24, 2.45) is 9.98 Å². The maximum absolute atomic E-state index is 11.2. The maximum Gasteiger partial charge on any atom is 2.00 e. The van der Waals surface area contributed by atoms with Gasteiger partial charge in [-0.3, -0.25) is 4.99 Å². The molecule has 0 unspecified atom stereocenters. The van der Waals surface area contributed by atoms with Crippen LogP contribution in [0.2, 0.25) is 0 Å². The van der Waals surface area contributed by atoms with E-state index in [9.17, 15) is 10.2 Å². The van der Waals surface area contributed by atoms with Gasteiger partial charge in [-0.25, -0.2) is 4.99 Å². The summed E-state index contributed by atoms with van der Waals surface area (Å²) in [7, 11) is 0. The molecule has 0 amide bonds. The van der Waals surface area contributed by atoms with Gasteiger partial charge in [0.15, 0.2) is 0 Å². The summed E-state index contributed by atoms with van der Waals surface area (Å²) in [5.41, 5.74) is 10.6. The molecule has 3 aromatic rings. The van der Waals surface area contributed by atoms with Gasteiger partial charge in [-0.05, 0) is 136 Å². The molecule has 0 saturated carbocycles. The van der Waals surface area contributed by atoms with Gasteiger partial charge >= 0.3 is 16.5 Å². The van der Waals surface area contributed by atoms with E-state index in [0.717, 1.165) is 93.4 Å². The van der Waals surface area contributed by atoms with Gasteiger partial charge in [-0.15, -0.1) is 11.5 Å². The number of hydrogen-bond acceptors (Lipinski definition) is 4. The van der Waals surface area contributed by atoms with Crippen LogP contribution < -0.4 is 10.2 Å². The molecule has 364 valence electrons. The van der Waals surface area contributed by atoms with E-state index in [1.807, 2.05) is 0 Å². The summed E-state index contributed by atoms with van der Waals surface area (Å²) in [6.45, 7) is 15.8. The molecule has 65 heavy (non-hydrogen) atoms. The summed E-state index contributed by atoms with van der Waals surface area (Å²) in [5.74, 6) is 6.47. The van der Waals surface area contributed by atoms with Gasteiger partial charge in [0.2, 0.25) is 0 Å². The second-order valence-corrected chi connectivity index (χ2v) is 18.2. The summed E-state index contributed by atoms with van der Waals surface area (Å²) in [4.78, 5) is 10.7. The van der Waals surface area contributed by atoms with E-state index in [1.165, 1.54) is 157 Å². The minimum absolute atomic E-state index is 0. The van der Waals surface area contributed by atoms with Crippen molar-refractivity contribution < 1.29 is 26.7 Å². The Morgan fingerprint density at radius 2 is 0.846 bits per heavy atom. The summed E-state index contributed by atoms with van der Waals surface area (Å²) < 4.78 is 0. The van der Waals surface area contributed by atoms with Gasteiger partial charge in [0.25, 0.3) is 0 Å². The van der Waals surface area contributed by atoms with Crippen LogP contribution >= 0.6 is 0 Å². The number of rotatable bonds is 33. The van der Waals surface area contributed by atoms with Crippen LogP contribution in [0.1, 0.15) is 243 Å². The van der Waals surface area contributed by atoms with Gasteiger partial charge < -0.3 is 10.2 Å². The Labute approximate surface area is 410 Å². The minimum Gasteiger partial charge on any atom is -0.873 e. The van der Waals surface area contributed by atoms with Crippen LogP contribution in [0.4, 0.5) is 11.4 Å². The zero-order valence-corrected chi connectivity index (χ0v) is 43.6. The fourth-order valence-electron chi connectivity index (χ4n) is 8.13. The molecule has 5 heteroatoms. The van der Waals surface area contributed by atoms with Crippen molar-refractivity contribution in [3.63, 3.8) is 0 Å². The first-order valence-electron chi connectivity index (χ1n) is 26.7. The van der Waals surface area contributed by atoms with E-state index in [4.69, 9.17) is 9.98 Å². The average molecular weight is 932 g/mol. The van der Waals surface area contributed by atoms with Crippen LogP contribution in [0, 0.1) is 11.8 Å². The van der Waals surface area contributed by atoms with Crippen molar-refractivity contribution in [2.75, 3.05) is 0 Å². The molecule has 0 heterocycles. The van der Waals surface area contributed by atoms with E-state index in [2.05, 4.69) is 96.7 Å². The number of aliphatic imine (C=N–C) groups is 2. The molecule has 0 radical (unpaired) electrons. The van der Waals surface area contributed by atoms with E-state index < -0.39 is 0 Å². The number of benzene rings is 3. The van der Waals surface area contributed by atoms with Crippen LogP contribution in [-0.4, -0.2) is 11.4 Å². The predicted molar refractivity (Wildman–Crippen MR) is 278 cm³/mol. The number of para-hydroxylation sites is 1. The van der Waals surface area contributed by atoms with Crippen molar-refractivity contribution in [2.45, 2.75) is 248 Å². The molecule has 0 saturated heterocycles. The van der Waals surface area contributed by atoms with E-state index in [1.54, 1.807) is 12.1 Å². The molecule has 0 atom stereocenters. The third kappa shape index (κ3) is 26.5. The van der Waals surface area contributed by atoms with Crippen molar-refractivity contribution in [3.05, 3.63) is 82.4 Å². The topological polar surface area (TPSA) is 70.8 Å². The largest absolute Gasteiger partial charge is 2.00 e. The predicted octanol–water partition coefficient (Wildman–Crippen LogP) is 17.4. The molecule has 4 nitrogen and oxygen atoms in total. The third-order valence-electron chi connectivity index (χ3n) is 12.3. The van der Waals surface area contributed by atoms with Crippen LogP contribution in [0.25, 0.3) is 0 Å². The second-order valence-electron chi connectivity index (χ2n) is 18.2. The molecule has 0 aliphatic carbocycles. The van der Waals surface area contributed by atoms with E-state index in [0.29, 0.717) is 5.56 Å². The van der Waals surface area contributed by atoms with Gasteiger partial charge in [0.1, 0.15) is 5.71 Å². The second kappa shape index (κ2) is 39.8. The van der Waals surface area contributed by atoms with E-state index >= 15 is 0 Å². The monoisotopic (exact) mass is 931 g/mol. The number of nitrogens with zero attached hydrogens (tertiary/aromatic N) is 2. The van der Waals surface area contributed by atoms with Crippen LogP contribution in [0.3, 0.4) is 0 Å². The number of aryl methyl sites for hydroxylation is 5. The Balaban J connectivity index is 0.00000140. The van der Waals surface area contributed by atoms with Gasteiger partial charge in [-0.1, -0.05) is 199 Å².